The average Bonchev–Trinajstić information content (AvgIpc) is 3.12. The van der Waals surface area contributed by atoms with Crippen molar-refractivity contribution in [2.75, 3.05) is 0 Å². The molecular weight excluding hydrogens is 440 g/mol. The minimum Gasteiger partial charge on any atom is -0.504 e. The number of phenolic OH excluding ortho intramolecular Hbond substituents is 4. The Morgan fingerprint density at radius 1 is 0.600 bits per heavy atom. The fourth-order valence-electron chi connectivity index (χ4n) is 5.97. The van der Waals surface area contributed by atoms with Crippen LogP contribution in [0.15, 0.2) is 72.8 Å². The highest BCUT2D eigenvalue weighted by molar-refractivity contribution is 6.04. The van der Waals surface area contributed by atoms with Crippen molar-refractivity contribution in [1.29, 1.82) is 0 Å². The van der Waals surface area contributed by atoms with Crippen LogP contribution in [0, 0.1) is 0 Å². The number of carbonyl (C=O) groups is 1. The Hall–Kier alpha value is -4.25. The largest absolute Gasteiger partial charge is 0.504 e. The van der Waals surface area contributed by atoms with Gasteiger partial charge in [0.2, 0.25) is 0 Å². The number of hydrogen-bond donors (Lipinski definition) is 4. The van der Waals surface area contributed by atoms with Gasteiger partial charge in [-0.15, -0.1) is 0 Å². The molecule has 5 heteroatoms. The minimum atomic E-state index is -0.836. The standard InChI is InChI=1S/C30H24O5/c31-25-12-19-11-18-6-2-4-8-21(18)20-7-3-1-5-17(20)9-10-30(23(19)14-27(25)33)16-29(35)22-13-26(32)28(34)15-24(22)30/h1-8,12-15,31-34H,9-11,16H2. The first-order valence-electron chi connectivity index (χ1n) is 11.7. The molecule has 2 aliphatic carbocycles. The molecule has 4 aromatic carbocycles. The van der Waals surface area contributed by atoms with Crippen molar-refractivity contribution in [2.45, 2.75) is 31.1 Å². The number of ketones is 1. The van der Waals surface area contributed by atoms with Crippen molar-refractivity contribution in [3.05, 3.63) is 106 Å². The predicted octanol–water partition coefficient (Wildman–Crippen LogP) is 5.59. The molecule has 35 heavy (non-hydrogen) atoms. The number of aryl methyl sites for hydroxylation is 1. The van der Waals surface area contributed by atoms with E-state index in [1.165, 1.54) is 12.1 Å². The molecule has 1 spiro atoms. The average molecular weight is 465 g/mol. The summed E-state index contributed by atoms with van der Waals surface area (Å²) in [6.45, 7) is 0. The van der Waals surface area contributed by atoms with Gasteiger partial charge in [-0.2, -0.15) is 0 Å². The van der Waals surface area contributed by atoms with E-state index >= 15 is 0 Å². The van der Waals surface area contributed by atoms with E-state index < -0.39 is 5.41 Å². The lowest BCUT2D eigenvalue weighted by atomic mass is 9.68. The Balaban J connectivity index is 1.68. The summed E-state index contributed by atoms with van der Waals surface area (Å²) in [5.74, 6) is -1.21. The number of Topliss-reactive ketones (excluding diaryl/α,β-unsaturated/α-hetero) is 1. The highest BCUT2D eigenvalue weighted by atomic mass is 16.3. The summed E-state index contributed by atoms with van der Waals surface area (Å²) >= 11 is 0. The summed E-state index contributed by atoms with van der Waals surface area (Å²) in [6, 6.07) is 22.4. The van der Waals surface area contributed by atoms with Gasteiger partial charge in [-0.25, -0.2) is 0 Å². The van der Waals surface area contributed by atoms with Crippen molar-refractivity contribution in [1.82, 2.24) is 0 Å². The first kappa shape index (κ1) is 21.3. The lowest BCUT2D eigenvalue weighted by Crippen LogP contribution is -2.28. The summed E-state index contributed by atoms with van der Waals surface area (Å²) < 4.78 is 0. The van der Waals surface area contributed by atoms with Gasteiger partial charge < -0.3 is 20.4 Å². The van der Waals surface area contributed by atoms with E-state index in [1.807, 2.05) is 24.3 Å². The van der Waals surface area contributed by atoms with Crippen molar-refractivity contribution in [2.24, 2.45) is 0 Å². The smallest absolute Gasteiger partial charge is 0.164 e. The second kappa shape index (κ2) is 7.64. The van der Waals surface area contributed by atoms with Crippen molar-refractivity contribution in [3.8, 4) is 34.1 Å². The normalized spacial score (nSPS) is 18.5. The molecule has 0 amide bonds. The molecule has 0 aliphatic heterocycles. The molecule has 5 nitrogen and oxygen atoms in total. The second-order valence-electron chi connectivity index (χ2n) is 9.56. The van der Waals surface area contributed by atoms with Crippen LogP contribution in [0.25, 0.3) is 11.1 Å². The number of hydrogen-bond acceptors (Lipinski definition) is 5. The molecule has 1 unspecified atom stereocenters. The number of fused-ring (bicyclic) bond motifs is 7. The Morgan fingerprint density at radius 2 is 1.17 bits per heavy atom. The third-order valence-corrected chi connectivity index (χ3v) is 7.64. The molecule has 0 aromatic heterocycles. The van der Waals surface area contributed by atoms with Crippen LogP contribution in [0.3, 0.4) is 0 Å². The molecule has 6 rings (SSSR count). The molecule has 4 aromatic rings. The van der Waals surface area contributed by atoms with Gasteiger partial charge >= 0.3 is 0 Å². The molecule has 4 N–H and O–H groups in total. The van der Waals surface area contributed by atoms with Crippen LogP contribution in [-0.2, 0) is 18.3 Å². The highest BCUT2D eigenvalue weighted by Crippen LogP contribution is 2.53. The summed E-state index contributed by atoms with van der Waals surface area (Å²) in [5.41, 5.74) is 6.19. The Morgan fingerprint density at radius 3 is 1.91 bits per heavy atom. The molecule has 1 atom stereocenters. The maximum atomic E-state index is 13.3. The first-order valence-corrected chi connectivity index (χ1v) is 11.7. The van der Waals surface area contributed by atoms with Gasteiger partial charge in [0.15, 0.2) is 28.8 Å². The van der Waals surface area contributed by atoms with Gasteiger partial charge in [0, 0.05) is 17.4 Å². The Bertz CT molecular complexity index is 1520. The lowest BCUT2D eigenvalue weighted by Gasteiger charge is -2.34. The minimum absolute atomic E-state index is 0.125. The number of rotatable bonds is 0. The third-order valence-electron chi connectivity index (χ3n) is 7.64. The molecule has 2 aliphatic rings. The molecule has 0 heterocycles. The van der Waals surface area contributed by atoms with Gasteiger partial charge in [-0.1, -0.05) is 48.5 Å². The van der Waals surface area contributed by atoms with E-state index in [0.29, 0.717) is 30.4 Å². The van der Waals surface area contributed by atoms with Crippen LogP contribution >= 0.6 is 0 Å². The SMILES string of the molecule is O=C1CC2(CCc3ccccc3-c3ccccc3Cc3cc(O)c(O)cc32)c2cc(O)c(O)cc21. The first-order chi connectivity index (χ1) is 16.9. The number of benzene rings is 4. The maximum Gasteiger partial charge on any atom is 0.164 e. The zero-order chi connectivity index (χ0) is 24.3. The molecule has 174 valence electrons. The third kappa shape index (κ3) is 3.19. The Kier molecular flexibility index (Phi) is 4.65. The van der Waals surface area contributed by atoms with Crippen molar-refractivity contribution < 1.29 is 25.2 Å². The molecule has 0 saturated carbocycles. The molecule has 0 radical (unpaired) electrons. The van der Waals surface area contributed by atoms with Gasteiger partial charge in [0.05, 0.1) is 0 Å². The van der Waals surface area contributed by atoms with E-state index in [0.717, 1.165) is 33.4 Å². The van der Waals surface area contributed by atoms with Crippen molar-refractivity contribution in [3.63, 3.8) is 0 Å². The van der Waals surface area contributed by atoms with Gasteiger partial charge in [0.25, 0.3) is 0 Å². The quantitative estimate of drug-likeness (QED) is 0.255. The van der Waals surface area contributed by atoms with E-state index in [2.05, 4.69) is 24.3 Å². The molecule has 0 fully saturated rings. The fourth-order valence-corrected chi connectivity index (χ4v) is 5.97. The topological polar surface area (TPSA) is 98.0 Å². The van der Waals surface area contributed by atoms with E-state index in [-0.39, 0.29) is 35.2 Å². The van der Waals surface area contributed by atoms with Crippen LogP contribution in [0.5, 0.6) is 23.0 Å². The number of carbonyl (C=O) groups excluding carboxylic acids is 1. The molecule has 0 bridgehead atoms. The highest BCUT2D eigenvalue weighted by Gasteiger charge is 2.47. The Labute approximate surface area is 202 Å². The van der Waals surface area contributed by atoms with Crippen LogP contribution in [0.4, 0.5) is 0 Å². The van der Waals surface area contributed by atoms with Gasteiger partial charge in [-0.3, -0.25) is 4.79 Å². The zero-order valence-corrected chi connectivity index (χ0v) is 19.0. The van der Waals surface area contributed by atoms with Crippen LogP contribution in [-0.4, -0.2) is 26.2 Å². The van der Waals surface area contributed by atoms with E-state index in [4.69, 9.17) is 0 Å². The predicted molar refractivity (Wildman–Crippen MR) is 132 cm³/mol. The van der Waals surface area contributed by atoms with Gasteiger partial charge in [0.1, 0.15) is 0 Å². The fraction of sp³-hybridized carbons (Fsp3) is 0.167. The summed E-state index contributed by atoms with van der Waals surface area (Å²) in [6.07, 6.45) is 1.83. The van der Waals surface area contributed by atoms with Crippen LogP contribution < -0.4 is 0 Å². The number of phenols is 4. The summed E-state index contributed by atoms with van der Waals surface area (Å²) in [4.78, 5) is 13.3. The second-order valence-corrected chi connectivity index (χ2v) is 9.56. The number of aromatic hydroxyl groups is 4. The monoisotopic (exact) mass is 464 g/mol. The molecular formula is C30H24O5. The summed E-state index contributed by atoms with van der Waals surface area (Å²) in [7, 11) is 0. The zero-order valence-electron chi connectivity index (χ0n) is 19.0. The van der Waals surface area contributed by atoms with Crippen molar-refractivity contribution >= 4 is 5.78 Å². The van der Waals surface area contributed by atoms with Crippen LogP contribution in [0.2, 0.25) is 0 Å². The lowest BCUT2D eigenvalue weighted by molar-refractivity contribution is 0.0977. The summed E-state index contributed by atoms with van der Waals surface area (Å²) in [5, 5.41) is 41.5. The van der Waals surface area contributed by atoms with Crippen LogP contribution in [0.1, 0.15) is 51.0 Å². The van der Waals surface area contributed by atoms with Gasteiger partial charge in [-0.05, 0) is 82.5 Å². The molecule has 0 saturated heterocycles. The van der Waals surface area contributed by atoms with E-state index in [1.54, 1.807) is 12.1 Å². The maximum absolute atomic E-state index is 13.3. The van der Waals surface area contributed by atoms with E-state index in [9.17, 15) is 25.2 Å².